The van der Waals surface area contributed by atoms with E-state index in [0.717, 1.165) is 17.8 Å². The van der Waals surface area contributed by atoms with Crippen LogP contribution >= 0.6 is 11.8 Å². The highest BCUT2D eigenvalue weighted by Gasteiger charge is 2.17. The van der Waals surface area contributed by atoms with Crippen molar-refractivity contribution >= 4 is 17.7 Å². The molecule has 2 aromatic rings. The van der Waals surface area contributed by atoms with E-state index in [1.807, 2.05) is 0 Å². The van der Waals surface area contributed by atoms with Crippen LogP contribution in [-0.2, 0) is 4.79 Å². The van der Waals surface area contributed by atoms with E-state index in [9.17, 15) is 13.6 Å². The molecule has 0 saturated heterocycles. The van der Waals surface area contributed by atoms with Crippen LogP contribution in [0, 0.1) is 18.6 Å². The molecular weight excluding hydrogens is 276 g/mol. The van der Waals surface area contributed by atoms with E-state index in [-0.39, 0.29) is 27.9 Å². The Kier molecular flexibility index (Phi) is 3.79. The smallest absolute Gasteiger partial charge is 0.313 e. The first-order valence-electron chi connectivity index (χ1n) is 5.21. The monoisotopic (exact) mass is 285 g/mol. The average Bonchev–Trinajstić information content (AvgIpc) is 2.80. The molecule has 0 fully saturated rings. The quantitative estimate of drug-likeness (QED) is 0.842. The van der Waals surface area contributed by atoms with Crippen LogP contribution in [0.15, 0.2) is 17.3 Å². The molecule has 0 amide bonds. The Morgan fingerprint density at radius 3 is 2.89 bits per heavy atom. The second-order valence-corrected chi connectivity index (χ2v) is 4.64. The summed E-state index contributed by atoms with van der Waals surface area (Å²) in [5.41, 5.74) is -0.0118. The van der Waals surface area contributed by atoms with Gasteiger partial charge in [-0.2, -0.15) is 0 Å². The number of aromatic amines is 1. The van der Waals surface area contributed by atoms with Gasteiger partial charge in [-0.15, -0.1) is 5.10 Å². The molecule has 1 heterocycles. The van der Waals surface area contributed by atoms with Gasteiger partial charge in [0.1, 0.15) is 11.6 Å². The first kappa shape index (κ1) is 13.5. The first-order valence-corrected chi connectivity index (χ1v) is 6.19. The van der Waals surface area contributed by atoms with Gasteiger partial charge in [-0.05, 0) is 18.6 Å². The Morgan fingerprint density at radius 2 is 2.21 bits per heavy atom. The van der Waals surface area contributed by atoms with Crippen molar-refractivity contribution < 1.29 is 18.7 Å². The number of carboxylic acids is 1. The van der Waals surface area contributed by atoms with Gasteiger partial charge in [0.2, 0.25) is 5.16 Å². The minimum absolute atomic E-state index is 0.0633. The van der Waals surface area contributed by atoms with Crippen LogP contribution in [-0.4, -0.2) is 32.0 Å². The number of halogens is 2. The van der Waals surface area contributed by atoms with E-state index < -0.39 is 17.6 Å². The number of carbonyl (C=O) groups is 1. The number of rotatable bonds is 4. The summed E-state index contributed by atoms with van der Waals surface area (Å²) < 4.78 is 27.5. The van der Waals surface area contributed by atoms with E-state index in [0.29, 0.717) is 0 Å². The van der Waals surface area contributed by atoms with Gasteiger partial charge in [-0.1, -0.05) is 17.8 Å². The van der Waals surface area contributed by atoms with Crippen molar-refractivity contribution in [3.8, 4) is 11.4 Å². The Balaban J connectivity index is 2.33. The molecule has 0 radical (unpaired) electrons. The van der Waals surface area contributed by atoms with E-state index in [2.05, 4.69) is 15.2 Å². The maximum absolute atomic E-state index is 13.8. The van der Waals surface area contributed by atoms with Crippen molar-refractivity contribution in [2.45, 2.75) is 12.1 Å². The standard InChI is InChI=1S/C11H9F2N3O2S/c1-5-2-3-6(12)8(9(5)13)10-14-11(16-15-10)19-4-7(17)18/h2-3H,4H2,1H3,(H,17,18)(H,14,15,16). The lowest BCUT2D eigenvalue weighted by Gasteiger charge is -2.03. The van der Waals surface area contributed by atoms with Crippen LogP contribution in [0.25, 0.3) is 11.4 Å². The van der Waals surface area contributed by atoms with E-state index in [1.165, 1.54) is 13.0 Å². The molecule has 0 saturated carbocycles. The molecule has 1 aromatic carbocycles. The summed E-state index contributed by atoms with van der Waals surface area (Å²) in [5, 5.41) is 14.7. The topological polar surface area (TPSA) is 78.9 Å². The third kappa shape index (κ3) is 2.90. The molecule has 8 heteroatoms. The van der Waals surface area contributed by atoms with Crippen LogP contribution in [0.3, 0.4) is 0 Å². The van der Waals surface area contributed by atoms with Crippen molar-refractivity contribution in [3.05, 3.63) is 29.3 Å². The Labute approximate surface area is 111 Å². The lowest BCUT2D eigenvalue weighted by Crippen LogP contribution is -1.98. The van der Waals surface area contributed by atoms with Gasteiger partial charge in [0, 0.05) is 0 Å². The van der Waals surface area contributed by atoms with Gasteiger partial charge < -0.3 is 5.11 Å². The number of hydrogen-bond donors (Lipinski definition) is 2. The highest BCUT2D eigenvalue weighted by molar-refractivity contribution is 7.99. The van der Waals surface area contributed by atoms with Crippen molar-refractivity contribution in [2.75, 3.05) is 5.75 Å². The fourth-order valence-electron chi connectivity index (χ4n) is 1.42. The third-order valence-electron chi connectivity index (χ3n) is 2.31. The molecule has 0 aliphatic rings. The van der Waals surface area contributed by atoms with Gasteiger partial charge in [-0.3, -0.25) is 9.89 Å². The number of nitrogens with zero attached hydrogens (tertiary/aromatic N) is 2. The van der Waals surface area contributed by atoms with Crippen LogP contribution in [0.2, 0.25) is 0 Å². The molecule has 0 bridgehead atoms. The summed E-state index contributed by atoms with van der Waals surface area (Å²) in [7, 11) is 0. The molecule has 0 spiro atoms. The number of nitrogens with one attached hydrogen (secondary N) is 1. The minimum atomic E-state index is -1.02. The molecule has 100 valence electrons. The van der Waals surface area contributed by atoms with E-state index >= 15 is 0 Å². The largest absolute Gasteiger partial charge is 0.481 e. The van der Waals surface area contributed by atoms with Gasteiger partial charge in [-0.25, -0.2) is 13.8 Å². The number of aliphatic carboxylic acids is 1. The summed E-state index contributed by atoms with van der Waals surface area (Å²) in [4.78, 5) is 14.3. The Bertz CT molecular complexity index is 630. The SMILES string of the molecule is Cc1ccc(F)c(-c2nc(SCC(=O)O)n[nH]2)c1F. The molecule has 2 rings (SSSR count). The second kappa shape index (κ2) is 5.35. The average molecular weight is 285 g/mol. The lowest BCUT2D eigenvalue weighted by atomic mass is 10.1. The fraction of sp³-hybridized carbons (Fsp3) is 0.182. The van der Waals surface area contributed by atoms with Crippen molar-refractivity contribution in [1.29, 1.82) is 0 Å². The third-order valence-corrected chi connectivity index (χ3v) is 3.14. The maximum Gasteiger partial charge on any atom is 0.313 e. The second-order valence-electron chi connectivity index (χ2n) is 3.70. The van der Waals surface area contributed by atoms with Crippen molar-refractivity contribution in [2.24, 2.45) is 0 Å². The van der Waals surface area contributed by atoms with Crippen molar-refractivity contribution in [3.63, 3.8) is 0 Å². The fourth-order valence-corrected chi connectivity index (χ4v) is 1.94. The van der Waals surface area contributed by atoms with Crippen molar-refractivity contribution in [1.82, 2.24) is 15.2 Å². The number of benzene rings is 1. The summed E-state index contributed by atoms with van der Waals surface area (Å²) in [5.74, 6) is -2.79. The van der Waals surface area contributed by atoms with Gasteiger partial charge >= 0.3 is 5.97 Å². The number of hydrogen-bond acceptors (Lipinski definition) is 4. The van der Waals surface area contributed by atoms with Crippen LogP contribution in [0.1, 0.15) is 5.56 Å². The lowest BCUT2D eigenvalue weighted by molar-refractivity contribution is -0.133. The predicted molar refractivity (Wildman–Crippen MR) is 64.8 cm³/mol. The molecular formula is C11H9F2N3O2S. The minimum Gasteiger partial charge on any atom is -0.481 e. The molecule has 0 atom stereocenters. The molecule has 19 heavy (non-hydrogen) atoms. The zero-order chi connectivity index (χ0) is 14.0. The molecule has 0 aliphatic carbocycles. The Hall–Kier alpha value is -1.96. The molecule has 0 unspecified atom stereocenters. The zero-order valence-electron chi connectivity index (χ0n) is 9.78. The number of carboxylic acid groups (broad SMARTS) is 1. The zero-order valence-corrected chi connectivity index (χ0v) is 10.6. The Morgan fingerprint density at radius 1 is 1.47 bits per heavy atom. The summed E-state index contributed by atoms with van der Waals surface area (Å²) in [6.07, 6.45) is 0. The highest BCUT2D eigenvalue weighted by Crippen LogP contribution is 2.26. The van der Waals surface area contributed by atoms with E-state index in [1.54, 1.807) is 0 Å². The number of aryl methyl sites for hydroxylation is 1. The highest BCUT2D eigenvalue weighted by atomic mass is 32.2. The van der Waals surface area contributed by atoms with Crippen LogP contribution < -0.4 is 0 Å². The van der Waals surface area contributed by atoms with Crippen LogP contribution in [0.5, 0.6) is 0 Å². The molecule has 5 nitrogen and oxygen atoms in total. The molecule has 2 N–H and O–H groups in total. The van der Waals surface area contributed by atoms with Gasteiger partial charge in [0.15, 0.2) is 5.82 Å². The van der Waals surface area contributed by atoms with Gasteiger partial charge in [0.05, 0.1) is 11.3 Å². The summed E-state index contributed by atoms with van der Waals surface area (Å²) in [6, 6.07) is 2.46. The number of aromatic nitrogens is 3. The van der Waals surface area contributed by atoms with Crippen LogP contribution in [0.4, 0.5) is 8.78 Å². The van der Waals surface area contributed by atoms with E-state index in [4.69, 9.17) is 5.11 Å². The summed E-state index contributed by atoms with van der Waals surface area (Å²) in [6.45, 7) is 1.51. The summed E-state index contributed by atoms with van der Waals surface area (Å²) >= 11 is 0.862. The molecule has 0 aliphatic heterocycles. The maximum atomic E-state index is 13.8. The predicted octanol–water partition coefficient (Wildman–Crippen LogP) is 2.24. The first-order chi connectivity index (χ1) is 8.99. The normalized spacial score (nSPS) is 10.7. The van der Waals surface area contributed by atoms with Gasteiger partial charge in [0.25, 0.3) is 0 Å². The molecule has 1 aromatic heterocycles. The number of thioether (sulfide) groups is 1. The number of H-pyrrole nitrogens is 1.